The van der Waals surface area contributed by atoms with E-state index in [9.17, 15) is 9.50 Å². The molecule has 1 unspecified atom stereocenters. The van der Waals surface area contributed by atoms with E-state index in [1.54, 1.807) is 36.4 Å². The van der Waals surface area contributed by atoms with Crippen molar-refractivity contribution in [1.82, 2.24) is 0 Å². The Kier molecular flexibility index (Phi) is 4.91. The Morgan fingerprint density at radius 1 is 1.14 bits per heavy atom. The van der Waals surface area contributed by atoms with Gasteiger partial charge < -0.3 is 10.0 Å². The van der Waals surface area contributed by atoms with E-state index in [-0.39, 0.29) is 5.82 Å². The van der Waals surface area contributed by atoms with E-state index in [1.165, 1.54) is 12.1 Å². The van der Waals surface area contributed by atoms with Crippen LogP contribution in [-0.4, -0.2) is 18.2 Å². The van der Waals surface area contributed by atoms with Gasteiger partial charge in [0.15, 0.2) is 0 Å². The maximum Gasteiger partial charge on any atom is 0.123 e. The molecule has 3 nitrogen and oxygen atoms in total. The van der Waals surface area contributed by atoms with Crippen LogP contribution in [-0.2, 0) is 0 Å². The van der Waals surface area contributed by atoms with E-state index in [0.717, 1.165) is 11.3 Å². The Bertz CT molecular complexity index is 617. The van der Waals surface area contributed by atoms with Crippen LogP contribution in [0.25, 0.3) is 0 Å². The molecule has 0 bridgehead atoms. The zero-order valence-electron chi connectivity index (χ0n) is 11.8. The molecule has 0 aromatic heterocycles. The number of nitriles is 1. The lowest BCUT2D eigenvalue weighted by Crippen LogP contribution is -2.28. The van der Waals surface area contributed by atoms with Crippen molar-refractivity contribution in [1.29, 1.82) is 5.26 Å². The molecular weight excluding hydrogens is 267 g/mol. The summed E-state index contributed by atoms with van der Waals surface area (Å²) in [6, 6.07) is 15.1. The van der Waals surface area contributed by atoms with Crippen molar-refractivity contribution < 1.29 is 9.50 Å². The fraction of sp³-hybridized carbons (Fsp3) is 0.235. The van der Waals surface area contributed by atoms with Crippen LogP contribution in [0.15, 0.2) is 48.5 Å². The molecule has 0 aliphatic heterocycles. The predicted octanol–water partition coefficient (Wildman–Crippen LogP) is 3.26. The minimum absolute atomic E-state index is 0.276. The third-order valence-electron chi connectivity index (χ3n) is 3.39. The van der Waals surface area contributed by atoms with Crippen molar-refractivity contribution in [3.63, 3.8) is 0 Å². The highest BCUT2D eigenvalue weighted by Gasteiger charge is 2.13. The van der Waals surface area contributed by atoms with Crippen LogP contribution >= 0.6 is 0 Å². The van der Waals surface area contributed by atoms with Gasteiger partial charge in [0.1, 0.15) is 5.82 Å². The van der Waals surface area contributed by atoms with E-state index < -0.39 is 6.10 Å². The van der Waals surface area contributed by atoms with Crippen molar-refractivity contribution in [3.8, 4) is 6.07 Å². The van der Waals surface area contributed by atoms with Crippen LogP contribution in [0.3, 0.4) is 0 Å². The molecule has 2 aromatic rings. The van der Waals surface area contributed by atoms with E-state index >= 15 is 0 Å². The van der Waals surface area contributed by atoms with E-state index in [4.69, 9.17) is 5.26 Å². The predicted molar refractivity (Wildman–Crippen MR) is 80.4 cm³/mol. The lowest BCUT2D eigenvalue weighted by Gasteiger charge is -2.26. The molecule has 0 heterocycles. The minimum Gasteiger partial charge on any atom is -0.387 e. The molecule has 0 saturated carbocycles. The summed E-state index contributed by atoms with van der Waals surface area (Å²) >= 11 is 0. The van der Waals surface area contributed by atoms with Gasteiger partial charge in [0.25, 0.3) is 0 Å². The smallest absolute Gasteiger partial charge is 0.123 e. The van der Waals surface area contributed by atoms with Crippen LogP contribution in [0, 0.1) is 17.1 Å². The number of halogens is 1. The summed E-state index contributed by atoms with van der Waals surface area (Å²) in [7, 11) is 0. The second kappa shape index (κ2) is 6.87. The number of benzene rings is 2. The van der Waals surface area contributed by atoms with Gasteiger partial charge in [-0.3, -0.25) is 0 Å². The van der Waals surface area contributed by atoms with Gasteiger partial charge in [-0.15, -0.1) is 0 Å². The van der Waals surface area contributed by atoms with Crippen LogP contribution in [0.2, 0.25) is 0 Å². The number of rotatable bonds is 5. The summed E-state index contributed by atoms with van der Waals surface area (Å²) < 4.78 is 13.0. The van der Waals surface area contributed by atoms with Crippen LogP contribution < -0.4 is 4.90 Å². The molecular formula is C17H17FN2O. The largest absolute Gasteiger partial charge is 0.387 e. The number of hydrogen-bond donors (Lipinski definition) is 1. The Morgan fingerprint density at radius 3 is 2.29 bits per heavy atom. The molecule has 0 aliphatic rings. The van der Waals surface area contributed by atoms with E-state index in [0.29, 0.717) is 18.7 Å². The number of aliphatic hydroxyl groups excluding tert-OH is 1. The van der Waals surface area contributed by atoms with Gasteiger partial charge in [-0.05, 0) is 48.9 Å². The first-order valence-corrected chi connectivity index (χ1v) is 6.82. The SMILES string of the molecule is CCN(CC(O)c1ccc(C#N)cc1)c1ccc(F)cc1. The summed E-state index contributed by atoms with van der Waals surface area (Å²) in [6.07, 6.45) is -0.664. The average Bonchev–Trinajstić information content (AvgIpc) is 2.53. The molecule has 2 aromatic carbocycles. The molecule has 1 N–H and O–H groups in total. The number of nitrogens with zero attached hydrogens (tertiary/aromatic N) is 2. The summed E-state index contributed by atoms with van der Waals surface area (Å²) in [5.41, 5.74) is 2.19. The fourth-order valence-electron chi connectivity index (χ4n) is 2.16. The molecule has 0 aliphatic carbocycles. The first-order chi connectivity index (χ1) is 10.1. The van der Waals surface area contributed by atoms with Gasteiger partial charge in [-0.1, -0.05) is 12.1 Å². The monoisotopic (exact) mass is 284 g/mol. The lowest BCUT2D eigenvalue weighted by atomic mass is 10.1. The van der Waals surface area contributed by atoms with Gasteiger partial charge in [0, 0.05) is 18.8 Å². The third-order valence-corrected chi connectivity index (χ3v) is 3.39. The van der Waals surface area contributed by atoms with Crippen LogP contribution in [0.5, 0.6) is 0 Å². The maximum atomic E-state index is 13.0. The molecule has 0 amide bonds. The van der Waals surface area contributed by atoms with Crippen molar-refractivity contribution in [2.24, 2.45) is 0 Å². The molecule has 1 atom stereocenters. The van der Waals surface area contributed by atoms with Crippen molar-refractivity contribution in [2.75, 3.05) is 18.0 Å². The highest BCUT2D eigenvalue weighted by Crippen LogP contribution is 2.20. The molecule has 108 valence electrons. The molecule has 4 heteroatoms. The lowest BCUT2D eigenvalue weighted by molar-refractivity contribution is 0.183. The van der Waals surface area contributed by atoms with E-state index in [2.05, 4.69) is 0 Å². The number of hydrogen-bond acceptors (Lipinski definition) is 3. The summed E-state index contributed by atoms with van der Waals surface area (Å²) in [5.74, 6) is -0.276. The quantitative estimate of drug-likeness (QED) is 0.916. The Morgan fingerprint density at radius 2 is 1.76 bits per heavy atom. The zero-order chi connectivity index (χ0) is 15.2. The number of aliphatic hydroxyl groups is 1. The van der Waals surface area contributed by atoms with Gasteiger partial charge in [-0.2, -0.15) is 5.26 Å². The highest BCUT2D eigenvalue weighted by atomic mass is 19.1. The van der Waals surface area contributed by atoms with Crippen molar-refractivity contribution in [3.05, 3.63) is 65.5 Å². The van der Waals surface area contributed by atoms with Crippen LogP contribution in [0.1, 0.15) is 24.2 Å². The third kappa shape index (κ3) is 3.80. The number of anilines is 1. The highest BCUT2D eigenvalue weighted by molar-refractivity contribution is 5.46. The Labute approximate surface area is 123 Å². The van der Waals surface area contributed by atoms with Crippen molar-refractivity contribution >= 4 is 5.69 Å². The van der Waals surface area contributed by atoms with Gasteiger partial charge in [0.05, 0.1) is 17.7 Å². The molecule has 0 spiro atoms. The van der Waals surface area contributed by atoms with Gasteiger partial charge in [-0.25, -0.2) is 4.39 Å². The standard InChI is InChI=1S/C17H17FN2O/c1-2-20(16-9-7-15(18)8-10-16)12-17(21)14-5-3-13(11-19)4-6-14/h3-10,17,21H,2,12H2,1H3. The molecule has 0 radical (unpaired) electrons. The summed E-state index contributed by atoms with van der Waals surface area (Å²) in [5, 5.41) is 19.1. The second-order valence-electron chi connectivity index (χ2n) is 4.76. The minimum atomic E-state index is -0.664. The molecule has 0 saturated heterocycles. The van der Waals surface area contributed by atoms with Crippen LogP contribution in [0.4, 0.5) is 10.1 Å². The normalized spacial score (nSPS) is 11.7. The zero-order valence-corrected chi connectivity index (χ0v) is 11.8. The first-order valence-electron chi connectivity index (χ1n) is 6.82. The van der Waals surface area contributed by atoms with Crippen molar-refractivity contribution in [2.45, 2.75) is 13.0 Å². The fourth-order valence-corrected chi connectivity index (χ4v) is 2.16. The Hall–Kier alpha value is -2.38. The Balaban J connectivity index is 2.10. The average molecular weight is 284 g/mol. The van der Waals surface area contributed by atoms with E-state index in [1.807, 2.05) is 17.9 Å². The summed E-state index contributed by atoms with van der Waals surface area (Å²) in [4.78, 5) is 1.97. The molecule has 21 heavy (non-hydrogen) atoms. The summed E-state index contributed by atoms with van der Waals surface area (Å²) in [6.45, 7) is 3.10. The first kappa shape index (κ1) is 15.0. The second-order valence-corrected chi connectivity index (χ2v) is 4.76. The maximum absolute atomic E-state index is 13.0. The topological polar surface area (TPSA) is 47.3 Å². The van der Waals surface area contributed by atoms with Gasteiger partial charge in [0.2, 0.25) is 0 Å². The van der Waals surface area contributed by atoms with Gasteiger partial charge >= 0.3 is 0 Å². The molecule has 2 rings (SSSR count). The number of likely N-dealkylation sites (N-methyl/N-ethyl adjacent to an activating group) is 1. The molecule has 0 fully saturated rings.